The van der Waals surface area contributed by atoms with E-state index in [1.54, 1.807) is 19.2 Å². The Morgan fingerprint density at radius 3 is 2.36 bits per heavy atom. The molecule has 0 aromatic heterocycles. The SMILES string of the molecule is CC.CC.COCCOC1CCCN(S(=O)(=O)c2ccccc2C)C1. The monoisotopic (exact) mass is 373 g/mol. The topological polar surface area (TPSA) is 55.8 Å². The lowest BCUT2D eigenvalue weighted by atomic mass is 10.1. The van der Waals surface area contributed by atoms with Crippen LogP contribution in [-0.2, 0) is 19.5 Å². The second-order valence-electron chi connectivity index (χ2n) is 5.26. The minimum atomic E-state index is -3.43. The first-order valence-electron chi connectivity index (χ1n) is 9.22. The molecule has 1 aliphatic rings. The highest BCUT2D eigenvalue weighted by molar-refractivity contribution is 7.89. The van der Waals surface area contributed by atoms with E-state index in [1.165, 1.54) is 4.31 Å². The van der Waals surface area contributed by atoms with E-state index >= 15 is 0 Å². The van der Waals surface area contributed by atoms with Gasteiger partial charge in [-0.05, 0) is 31.4 Å². The number of methoxy groups -OCH3 is 1. The van der Waals surface area contributed by atoms with Crippen LogP contribution in [-0.4, -0.2) is 52.2 Å². The molecule has 2 rings (SSSR count). The Balaban J connectivity index is 0.00000134. The zero-order valence-corrected chi connectivity index (χ0v) is 17.4. The van der Waals surface area contributed by atoms with Gasteiger partial charge in [0.15, 0.2) is 0 Å². The molecule has 0 bridgehead atoms. The molecule has 0 spiro atoms. The van der Waals surface area contributed by atoms with Crippen molar-refractivity contribution in [2.24, 2.45) is 0 Å². The third kappa shape index (κ3) is 7.44. The van der Waals surface area contributed by atoms with Gasteiger partial charge in [-0.3, -0.25) is 0 Å². The first-order chi connectivity index (χ1) is 12.1. The van der Waals surface area contributed by atoms with E-state index in [4.69, 9.17) is 9.47 Å². The molecule has 1 unspecified atom stereocenters. The molecule has 1 aromatic carbocycles. The Kier molecular flexibility index (Phi) is 12.8. The summed E-state index contributed by atoms with van der Waals surface area (Å²) in [7, 11) is -1.81. The van der Waals surface area contributed by atoms with Gasteiger partial charge in [-0.1, -0.05) is 45.9 Å². The normalized spacial score (nSPS) is 17.8. The Hall–Kier alpha value is -0.950. The van der Waals surface area contributed by atoms with E-state index in [9.17, 15) is 8.42 Å². The third-order valence-corrected chi connectivity index (χ3v) is 5.72. The van der Waals surface area contributed by atoms with Crippen LogP contribution < -0.4 is 0 Å². The zero-order valence-electron chi connectivity index (χ0n) is 16.6. The van der Waals surface area contributed by atoms with Gasteiger partial charge in [-0.15, -0.1) is 0 Å². The van der Waals surface area contributed by atoms with Gasteiger partial charge in [-0.25, -0.2) is 8.42 Å². The molecule has 0 amide bonds. The van der Waals surface area contributed by atoms with Gasteiger partial charge in [0.2, 0.25) is 10.0 Å². The van der Waals surface area contributed by atoms with Crippen LogP contribution in [0.25, 0.3) is 0 Å². The Bertz CT molecular complexity index is 560. The predicted molar refractivity (Wildman–Crippen MR) is 103 cm³/mol. The molecule has 0 saturated carbocycles. The minimum absolute atomic E-state index is 0.0484. The van der Waals surface area contributed by atoms with Gasteiger partial charge < -0.3 is 9.47 Å². The van der Waals surface area contributed by atoms with Crippen LogP contribution in [0.2, 0.25) is 0 Å². The summed E-state index contributed by atoms with van der Waals surface area (Å²) in [6.45, 7) is 11.8. The Morgan fingerprint density at radius 1 is 1.12 bits per heavy atom. The van der Waals surface area contributed by atoms with E-state index < -0.39 is 10.0 Å². The molecule has 1 fully saturated rings. The van der Waals surface area contributed by atoms with Gasteiger partial charge in [0.1, 0.15) is 0 Å². The van der Waals surface area contributed by atoms with Crippen molar-refractivity contribution in [2.45, 2.75) is 58.5 Å². The summed E-state index contributed by atoms with van der Waals surface area (Å²) in [6, 6.07) is 7.10. The van der Waals surface area contributed by atoms with Crippen molar-refractivity contribution in [2.75, 3.05) is 33.4 Å². The average Bonchev–Trinajstić information content (AvgIpc) is 2.66. The number of benzene rings is 1. The molecule has 0 N–H and O–H groups in total. The summed E-state index contributed by atoms with van der Waals surface area (Å²) in [6.07, 6.45) is 1.67. The van der Waals surface area contributed by atoms with E-state index in [-0.39, 0.29) is 6.10 Å². The largest absolute Gasteiger partial charge is 0.382 e. The fourth-order valence-electron chi connectivity index (χ4n) is 2.54. The van der Waals surface area contributed by atoms with Crippen LogP contribution >= 0.6 is 0 Å². The van der Waals surface area contributed by atoms with E-state index in [2.05, 4.69) is 0 Å². The molecule has 6 heteroatoms. The zero-order chi connectivity index (χ0) is 19.3. The molecular formula is C19H35NO4S. The molecular weight excluding hydrogens is 338 g/mol. The predicted octanol–water partition coefficient (Wildman–Crippen LogP) is 3.86. The molecule has 1 aliphatic heterocycles. The number of hydrogen-bond acceptors (Lipinski definition) is 4. The molecule has 1 saturated heterocycles. The first kappa shape index (κ1) is 24.1. The summed E-state index contributed by atoms with van der Waals surface area (Å²) in [5, 5.41) is 0. The number of nitrogens with zero attached hydrogens (tertiary/aromatic N) is 1. The van der Waals surface area contributed by atoms with Crippen molar-refractivity contribution in [3.05, 3.63) is 29.8 Å². The lowest BCUT2D eigenvalue weighted by Crippen LogP contribution is -2.43. The summed E-state index contributed by atoms with van der Waals surface area (Å²) >= 11 is 0. The molecule has 1 atom stereocenters. The van der Waals surface area contributed by atoms with E-state index in [1.807, 2.05) is 46.8 Å². The summed E-state index contributed by atoms with van der Waals surface area (Å²) in [5.74, 6) is 0. The summed E-state index contributed by atoms with van der Waals surface area (Å²) in [5.41, 5.74) is 0.778. The molecule has 0 radical (unpaired) electrons. The molecule has 1 heterocycles. The Morgan fingerprint density at radius 2 is 1.76 bits per heavy atom. The number of ether oxygens (including phenoxy) is 2. The van der Waals surface area contributed by atoms with Crippen LogP contribution in [0.1, 0.15) is 46.1 Å². The smallest absolute Gasteiger partial charge is 0.243 e. The molecule has 0 aliphatic carbocycles. The molecule has 5 nitrogen and oxygen atoms in total. The second-order valence-corrected chi connectivity index (χ2v) is 7.16. The van der Waals surface area contributed by atoms with Crippen LogP contribution in [0.15, 0.2) is 29.2 Å². The van der Waals surface area contributed by atoms with Crippen LogP contribution in [0.4, 0.5) is 0 Å². The number of aryl methyl sites for hydroxylation is 1. The van der Waals surface area contributed by atoms with Gasteiger partial charge in [-0.2, -0.15) is 4.31 Å². The third-order valence-electron chi connectivity index (χ3n) is 3.69. The maximum atomic E-state index is 12.7. The highest BCUT2D eigenvalue weighted by atomic mass is 32.2. The molecule has 25 heavy (non-hydrogen) atoms. The second kappa shape index (κ2) is 13.3. The highest BCUT2D eigenvalue weighted by Gasteiger charge is 2.31. The van der Waals surface area contributed by atoms with Gasteiger partial charge in [0, 0.05) is 20.2 Å². The maximum Gasteiger partial charge on any atom is 0.243 e. The van der Waals surface area contributed by atoms with Crippen LogP contribution in [0.5, 0.6) is 0 Å². The van der Waals surface area contributed by atoms with Crippen LogP contribution in [0, 0.1) is 6.92 Å². The van der Waals surface area contributed by atoms with Crippen molar-refractivity contribution in [1.82, 2.24) is 4.31 Å². The quantitative estimate of drug-likeness (QED) is 0.711. The maximum absolute atomic E-state index is 12.7. The van der Waals surface area contributed by atoms with Gasteiger partial charge >= 0.3 is 0 Å². The van der Waals surface area contributed by atoms with E-state index in [0.29, 0.717) is 31.2 Å². The van der Waals surface area contributed by atoms with E-state index in [0.717, 1.165) is 18.4 Å². The number of rotatable bonds is 6. The summed E-state index contributed by atoms with van der Waals surface area (Å²) in [4.78, 5) is 0.391. The fourth-order valence-corrected chi connectivity index (χ4v) is 4.28. The van der Waals surface area contributed by atoms with Crippen molar-refractivity contribution in [3.63, 3.8) is 0 Å². The molecule has 1 aromatic rings. The van der Waals surface area contributed by atoms with Crippen molar-refractivity contribution in [3.8, 4) is 0 Å². The Labute approximate surface area is 154 Å². The van der Waals surface area contributed by atoms with Crippen molar-refractivity contribution < 1.29 is 17.9 Å². The van der Waals surface area contributed by atoms with Crippen molar-refractivity contribution in [1.29, 1.82) is 0 Å². The standard InChI is InChI=1S/C15H23NO4S.2C2H6/c1-13-6-3-4-8-15(13)21(17,18)16-9-5-7-14(12-16)20-11-10-19-2;2*1-2/h3-4,6,8,14H,5,7,9-12H2,1-2H3;2*1-2H3. The number of piperidine rings is 1. The highest BCUT2D eigenvalue weighted by Crippen LogP contribution is 2.24. The minimum Gasteiger partial charge on any atom is -0.382 e. The lowest BCUT2D eigenvalue weighted by molar-refractivity contribution is -0.00652. The van der Waals surface area contributed by atoms with Gasteiger partial charge in [0.25, 0.3) is 0 Å². The van der Waals surface area contributed by atoms with Crippen LogP contribution in [0.3, 0.4) is 0 Å². The van der Waals surface area contributed by atoms with Crippen molar-refractivity contribution >= 4 is 10.0 Å². The van der Waals surface area contributed by atoms with Gasteiger partial charge in [0.05, 0.1) is 24.2 Å². The summed E-state index contributed by atoms with van der Waals surface area (Å²) < 4.78 is 37.6. The lowest BCUT2D eigenvalue weighted by Gasteiger charge is -2.32. The number of sulfonamides is 1. The molecule has 146 valence electrons. The average molecular weight is 374 g/mol. The fraction of sp³-hybridized carbons (Fsp3) is 0.684. The number of hydrogen-bond donors (Lipinski definition) is 0. The first-order valence-corrected chi connectivity index (χ1v) is 10.7.